The van der Waals surface area contributed by atoms with Crippen molar-refractivity contribution in [3.63, 3.8) is 0 Å². The lowest BCUT2D eigenvalue weighted by Crippen LogP contribution is -2.21. The van der Waals surface area contributed by atoms with Gasteiger partial charge in [0, 0.05) is 0 Å². The van der Waals surface area contributed by atoms with Crippen molar-refractivity contribution in [3.8, 4) is 5.75 Å². The molecule has 1 aromatic heterocycles. The number of carbonyl (C=O) groups excluding carboxylic acids is 1. The summed E-state index contributed by atoms with van der Waals surface area (Å²) >= 11 is 1.12. The number of anilines is 2. The number of nitrogens with one attached hydrogen (secondary N) is 2. The Labute approximate surface area is 168 Å². The number of amides is 1. The summed E-state index contributed by atoms with van der Waals surface area (Å²) in [5.74, 6) is 0.228. The van der Waals surface area contributed by atoms with Gasteiger partial charge in [-0.15, -0.1) is 11.3 Å². The lowest BCUT2D eigenvalue weighted by Gasteiger charge is -2.13. The van der Waals surface area contributed by atoms with Gasteiger partial charge in [-0.05, 0) is 47.7 Å². The van der Waals surface area contributed by atoms with E-state index in [-0.39, 0.29) is 22.4 Å². The molecular weight excluding hydrogens is 396 g/mol. The SMILES string of the molecule is CCc1cccc(OCC(=O)Nc2ccccc2NS(=O)(=O)c2cccs2)c1. The molecule has 28 heavy (non-hydrogen) atoms. The van der Waals surface area contributed by atoms with Gasteiger partial charge < -0.3 is 10.1 Å². The number of thiophene rings is 1. The third-order valence-electron chi connectivity index (χ3n) is 3.88. The maximum Gasteiger partial charge on any atom is 0.271 e. The van der Waals surface area contributed by atoms with Gasteiger partial charge in [0.15, 0.2) is 6.61 Å². The maximum atomic E-state index is 12.4. The number of hydrogen-bond donors (Lipinski definition) is 2. The topological polar surface area (TPSA) is 84.5 Å². The summed E-state index contributed by atoms with van der Waals surface area (Å²) in [7, 11) is -3.71. The highest BCUT2D eigenvalue weighted by atomic mass is 32.2. The monoisotopic (exact) mass is 416 g/mol. The Morgan fingerprint density at radius 3 is 2.54 bits per heavy atom. The predicted octanol–water partition coefficient (Wildman–Crippen LogP) is 4.13. The Kier molecular flexibility index (Phi) is 6.33. The minimum absolute atomic E-state index is 0.181. The first-order valence-corrected chi connectivity index (χ1v) is 11.0. The second-order valence-electron chi connectivity index (χ2n) is 5.92. The minimum Gasteiger partial charge on any atom is -0.484 e. The Balaban J connectivity index is 1.66. The van der Waals surface area contributed by atoms with Crippen molar-refractivity contribution in [2.24, 2.45) is 0 Å². The van der Waals surface area contributed by atoms with Crippen LogP contribution in [0.15, 0.2) is 70.3 Å². The average molecular weight is 417 g/mol. The van der Waals surface area contributed by atoms with E-state index in [9.17, 15) is 13.2 Å². The molecule has 0 aliphatic heterocycles. The summed E-state index contributed by atoms with van der Waals surface area (Å²) in [4.78, 5) is 12.3. The number of benzene rings is 2. The van der Waals surface area contributed by atoms with Crippen LogP contribution in [-0.2, 0) is 21.2 Å². The third-order valence-corrected chi connectivity index (χ3v) is 6.65. The van der Waals surface area contributed by atoms with Gasteiger partial charge in [0.05, 0.1) is 11.4 Å². The number of carbonyl (C=O) groups is 1. The standard InChI is InChI=1S/C20H20N2O4S2/c1-2-15-7-5-8-16(13-15)26-14-19(23)21-17-9-3-4-10-18(17)22-28(24,25)20-11-6-12-27-20/h3-13,22H,2,14H2,1H3,(H,21,23). The molecule has 146 valence electrons. The fraction of sp³-hybridized carbons (Fsp3) is 0.150. The van der Waals surface area contributed by atoms with E-state index in [0.717, 1.165) is 23.3 Å². The van der Waals surface area contributed by atoms with E-state index in [4.69, 9.17) is 4.74 Å². The molecule has 3 aromatic rings. The predicted molar refractivity (Wildman–Crippen MR) is 112 cm³/mol. The summed E-state index contributed by atoms with van der Waals surface area (Å²) in [6.45, 7) is 1.86. The molecule has 0 atom stereocenters. The molecule has 2 aromatic carbocycles. The Hall–Kier alpha value is -2.84. The number of para-hydroxylation sites is 2. The van der Waals surface area contributed by atoms with E-state index in [0.29, 0.717) is 11.4 Å². The molecular formula is C20H20N2O4S2. The van der Waals surface area contributed by atoms with Crippen LogP contribution in [0.25, 0.3) is 0 Å². The molecule has 0 spiro atoms. The van der Waals surface area contributed by atoms with Crippen molar-refractivity contribution in [1.29, 1.82) is 0 Å². The zero-order valence-corrected chi connectivity index (χ0v) is 16.8. The molecule has 1 heterocycles. The number of ether oxygens (including phenoxy) is 1. The van der Waals surface area contributed by atoms with Crippen molar-refractivity contribution in [2.75, 3.05) is 16.6 Å². The first kappa shape index (κ1) is 19.9. The van der Waals surface area contributed by atoms with E-state index in [1.807, 2.05) is 25.1 Å². The number of hydrogen-bond acceptors (Lipinski definition) is 5. The van der Waals surface area contributed by atoms with Crippen molar-refractivity contribution in [3.05, 3.63) is 71.6 Å². The summed E-state index contributed by atoms with van der Waals surface area (Å²) in [5, 5.41) is 4.38. The molecule has 0 radical (unpaired) electrons. The van der Waals surface area contributed by atoms with Crippen LogP contribution in [0.5, 0.6) is 5.75 Å². The van der Waals surface area contributed by atoms with Crippen LogP contribution < -0.4 is 14.8 Å². The molecule has 0 bridgehead atoms. The van der Waals surface area contributed by atoms with Crippen LogP contribution in [-0.4, -0.2) is 20.9 Å². The van der Waals surface area contributed by atoms with E-state index in [1.54, 1.807) is 41.8 Å². The first-order chi connectivity index (χ1) is 13.5. The largest absolute Gasteiger partial charge is 0.484 e. The second kappa shape index (κ2) is 8.90. The molecule has 0 saturated carbocycles. The minimum atomic E-state index is -3.71. The molecule has 1 amide bonds. The summed E-state index contributed by atoms with van der Waals surface area (Å²) in [6.07, 6.45) is 0.876. The highest BCUT2D eigenvalue weighted by Gasteiger charge is 2.17. The molecule has 0 unspecified atom stereocenters. The molecule has 0 fully saturated rings. The van der Waals surface area contributed by atoms with Crippen molar-refractivity contribution >= 4 is 38.6 Å². The molecule has 6 nitrogen and oxygen atoms in total. The van der Waals surface area contributed by atoms with Crippen LogP contribution in [0.1, 0.15) is 12.5 Å². The highest BCUT2D eigenvalue weighted by Crippen LogP contribution is 2.26. The molecule has 3 rings (SSSR count). The van der Waals surface area contributed by atoms with Crippen molar-refractivity contribution in [2.45, 2.75) is 17.6 Å². The fourth-order valence-corrected chi connectivity index (χ4v) is 4.56. The van der Waals surface area contributed by atoms with Crippen LogP contribution in [0, 0.1) is 0 Å². The van der Waals surface area contributed by atoms with Crippen LogP contribution in [0.2, 0.25) is 0 Å². The molecule has 0 aliphatic carbocycles. The van der Waals surface area contributed by atoms with Crippen molar-refractivity contribution < 1.29 is 17.9 Å². The first-order valence-electron chi connectivity index (χ1n) is 8.65. The third kappa shape index (κ3) is 5.11. The lowest BCUT2D eigenvalue weighted by molar-refractivity contribution is -0.118. The Bertz CT molecular complexity index is 1050. The molecule has 0 aliphatic rings. The highest BCUT2D eigenvalue weighted by molar-refractivity contribution is 7.94. The van der Waals surface area contributed by atoms with Gasteiger partial charge in [0.1, 0.15) is 9.96 Å². The fourth-order valence-electron chi connectivity index (χ4n) is 2.48. The van der Waals surface area contributed by atoms with E-state index >= 15 is 0 Å². The lowest BCUT2D eigenvalue weighted by atomic mass is 10.2. The number of sulfonamides is 1. The molecule has 2 N–H and O–H groups in total. The molecule has 8 heteroatoms. The van der Waals surface area contributed by atoms with Gasteiger partial charge in [-0.3, -0.25) is 9.52 Å². The zero-order chi connectivity index (χ0) is 20.0. The van der Waals surface area contributed by atoms with Gasteiger partial charge in [-0.25, -0.2) is 8.42 Å². The van der Waals surface area contributed by atoms with Crippen molar-refractivity contribution in [1.82, 2.24) is 0 Å². The van der Waals surface area contributed by atoms with Gasteiger partial charge in [-0.2, -0.15) is 0 Å². The van der Waals surface area contributed by atoms with Gasteiger partial charge in [-0.1, -0.05) is 37.3 Å². The van der Waals surface area contributed by atoms with Gasteiger partial charge in [0.25, 0.3) is 15.9 Å². The van der Waals surface area contributed by atoms with E-state index in [2.05, 4.69) is 10.0 Å². The zero-order valence-electron chi connectivity index (χ0n) is 15.2. The Morgan fingerprint density at radius 2 is 1.82 bits per heavy atom. The van der Waals surface area contributed by atoms with E-state index in [1.165, 1.54) is 6.07 Å². The summed E-state index contributed by atoms with van der Waals surface area (Å²) in [6, 6.07) is 17.3. The van der Waals surface area contributed by atoms with Crippen LogP contribution >= 0.6 is 11.3 Å². The second-order valence-corrected chi connectivity index (χ2v) is 8.78. The quantitative estimate of drug-likeness (QED) is 0.578. The number of aryl methyl sites for hydroxylation is 1. The van der Waals surface area contributed by atoms with Crippen LogP contribution in [0.4, 0.5) is 11.4 Å². The summed E-state index contributed by atoms with van der Waals surface area (Å²) < 4.78 is 33.1. The maximum absolute atomic E-state index is 12.4. The average Bonchev–Trinajstić information content (AvgIpc) is 3.24. The van der Waals surface area contributed by atoms with Crippen LogP contribution in [0.3, 0.4) is 0 Å². The Morgan fingerprint density at radius 1 is 1.04 bits per heavy atom. The van der Waals surface area contributed by atoms with Gasteiger partial charge >= 0.3 is 0 Å². The van der Waals surface area contributed by atoms with Gasteiger partial charge in [0.2, 0.25) is 0 Å². The smallest absolute Gasteiger partial charge is 0.271 e. The van der Waals surface area contributed by atoms with E-state index < -0.39 is 10.0 Å². The molecule has 0 saturated heterocycles. The number of rotatable bonds is 8. The normalized spacial score (nSPS) is 11.0. The summed E-state index contributed by atoms with van der Waals surface area (Å²) in [5.41, 5.74) is 1.77.